The SMILES string of the molecule is COP1(O)(OC)N[C@@H](Cc2ccccc2)C(=O)O1. The zero-order valence-corrected chi connectivity index (χ0v) is 11.1. The molecule has 1 aromatic rings. The topological polar surface area (TPSA) is 77.0 Å². The second-order valence-corrected chi connectivity index (χ2v) is 6.85. The van der Waals surface area contributed by atoms with Gasteiger partial charge in [0.05, 0.1) is 0 Å². The molecule has 1 aromatic carbocycles. The van der Waals surface area contributed by atoms with Gasteiger partial charge in [-0.05, 0) is 0 Å². The Labute approximate surface area is 105 Å². The first-order chi connectivity index (χ1) is 8.49. The molecule has 1 aliphatic heterocycles. The average molecular weight is 273 g/mol. The third-order valence-corrected chi connectivity index (χ3v) is 5.37. The molecule has 0 bridgehead atoms. The molecule has 0 radical (unpaired) electrons. The normalized spacial score (nSPS) is 27.2. The van der Waals surface area contributed by atoms with Crippen molar-refractivity contribution in [1.82, 2.24) is 5.09 Å². The third-order valence-electron chi connectivity index (χ3n) is 2.83. The van der Waals surface area contributed by atoms with Gasteiger partial charge in [0.1, 0.15) is 0 Å². The Morgan fingerprint density at radius 3 is 2.44 bits per heavy atom. The predicted octanol–water partition coefficient (Wildman–Crippen LogP) is 1.16. The van der Waals surface area contributed by atoms with Crippen LogP contribution >= 0.6 is 7.66 Å². The second-order valence-electron chi connectivity index (χ2n) is 3.99. The first-order valence-corrected chi connectivity index (χ1v) is 7.39. The number of carbonyl (C=O) groups excluding carboxylic acids is 1. The van der Waals surface area contributed by atoms with Crippen LogP contribution in [0.25, 0.3) is 0 Å². The van der Waals surface area contributed by atoms with E-state index in [-0.39, 0.29) is 0 Å². The van der Waals surface area contributed by atoms with E-state index in [1.54, 1.807) is 0 Å². The van der Waals surface area contributed by atoms with Crippen molar-refractivity contribution < 1.29 is 23.3 Å². The van der Waals surface area contributed by atoms with Gasteiger partial charge in [0.2, 0.25) is 0 Å². The van der Waals surface area contributed by atoms with Gasteiger partial charge in [-0.25, -0.2) is 0 Å². The van der Waals surface area contributed by atoms with Crippen LogP contribution in [0.3, 0.4) is 0 Å². The van der Waals surface area contributed by atoms with E-state index in [2.05, 4.69) is 5.09 Å². The van der Waals surface area contributed by atoms with E-state index in [9.17, 15) is 9.69 Å². The van der Waals surface area contributed by atoms with Gasteiger partial charge in [-0.3, -0.25) is 0 Å². The molecule has 0 aromatic heterocycles. The molecular formula is C11H16NO5P. The molecule has 6 nitrogen and oxygen atoms in total. The molecule has 0 aliphatic carbocycles. The van der Waals surface area contributed by atoms with Gasteiger partial charge in [-0.15, -0.1) is 0 Å². The minimum absolute atomic E-state index is 0.394. The van der Waals surface area contributed by atoms with Gasteiger partial charge in [-0.2, -0.15) is 0 Å². The van der Waals surface area contributed by atoms with Crippen molar-refractivity contribution in [3.8, 4) is 0 Å². The molecule has 1 atom stereocenters. The Balaban J connectivity index is 2.16. The summed E-state index contributed by atoms with van der Waals surface area (Å²) >= 11 is 0. The van der Waals surface area contributed by atoms with E-state index in [1.807, 2.05) is 30.3 Å². The number of hydrogen-bond donors (Lipinski definition) is 2. The van der Waals surface area contributed by atoms with Gasteiger partial charge < -0.3 is 0 Å². The Bertz CT molecular complexity index is 448. The molecular weight excluding hydrogens is 257 g/mol. The maximum absolute atomic E-state index is 11.7. The van der Waals surface area contributed by atoms with Gasteiger partial charge in [0.25, 0.3) is 0 Å². The maximum atomic E-state index is 11.7. The monoisotopic (exact) mass is 273 g/mol. The molecule has 1 fully saturated rings. The number of carbonyl (C=O) groups is 1. The third kappa shape index (κ3) is 2.39. The summed E-state index contributed by atoms with van der Waals surface area (Å²) in [6, 6.07) is 8.73. The zero-order valence-electron chi connectivity index (χ0n) is 10.2. The fourth-order valence-corrected chi connectivity index (χ4v) is 3.52. The summed E-state index contributed by atoms with van der Waals surface area (Å²) in [4.78, 5) is 22.0. The fraction of sp³-hybridized carbons (Fsp3) is 0.364. The van der Waals surface area contributed by atoms with Crippen LogP contribution in [0.1, 0.15) is 5.56 Å². The van der Waals surface area contributed by atoms with E-state index in [0.29, 0.717) is 6.42 Å². The second kappa shape index (κ2) is 4.57. The summed E-state index contributed by atoms with van der Waals surface area (Å²) < 4.78 is 14.7. The van der Waals surface area contributed by atoms with Crippen molar-refractivity contribution in [3.63, 3.8) is 0 Å². The van der Waals surface area contributed by atoms with Crippen LogP contribution in [-0.2, 0) is 24.8 Å². The van der Waals surface area contributed by atoms with Crippen LogP contribution in [0.5, 0.6) is 0 Å². The molecule has 2 rings (SSSR count). The van der Waals surface area contributed by atoms with Gasteiger partial charge in [0.15, 0.2) is 0 Å². The minimum atomic E-state index is -4.43. The Hall–Kier alpha value is -1.04. The quantitative estimate of drug-likeness (QED) is 0.802. The van der Waals surface area contributed by atoms with E-state index in [1.165, 1.54) is 14.2 Å². The summed E-state index contributed by atoms with van der Waals surface area (Å²) in [6.07, 6.45) is 0.394. The van der Waals surface area contributed by atoms with Crippen molar-refractivity contribution in [3.05, 3.63) is 35.9 Å². The molecule has 18 heavy (non-hydrogen) atoms. The van der Waals surface area contributed by atoms with Crippen molar-refractivity contribution in [2.75, 3.05) is 14.2 Å². The molecule has 7 heteroatoms. The van der Waals surface area contributed by atoms with Crippen LogP contribution < -0.4 is 5.09 Å². The number of hydrogen-bond acceptors (Lipinski definition) is 6. The Kier molecular flexibility index (Phi) is 3.40. The van der Waals surface area contributed by atoms with Gasteiger partial charge >= 0.3 is 105 Å². The van der Waals surface area contributed by atoms with Crippen LogP contribution in [0, 0.1) is 0 Å². The summed E-state index contributed by atoms with van der Waals surface area (Å²) in [5.41, 5.74) is 0.950. The molecule has 1 aliphatic rings. The van der Waals surface area contributed by atoms with E-state index < -0.39 is 19.7 Å². The van der Waals surface area contributed by atoms with Crippen LogP contribution in [-0.4, -0.2) is 31.1 Å². The van der Waals surface area contributed by atoms with Crippen molar-refractivity contribution in [1.29, 1.82) is 0 Å². The van der Waals surface area contributed by atoms with Crippen LogP contribution in [0.4, 0.5) is 0 Å². The van der Waals surface area contributed by atoms with E-state index in [4.69, 9.17) is 13.6 Å². The molecule has 1 saturated heterocycles. The summed E-state index contributed by atoms with van der Waals surface area (Å²) in [6.45, 7) is 0. The van der Waals surface area contributed by atoms with E-state index >= 15 is 0 Å². The number of benzene rings is 1. The predicted molar refractivity (Wildman–Crippen MR) is 66.3 cm³/mol. The Morgan fingerprint density at radius 1 is 1.33 bits per heavy atom. The summed E-state index contributed by atoms with van der Waals surface area (Å²) in [7, 11) is -1.98. The molecule has 100 valence electrons. The summed E-state index contributed by atoms with van der Waals surface area (Å²) in [5.74, 6) is -0.581. The first-order valence-electron chi connectivity index (χ1n) is 5.45. The van der Waals surface area contributed by atoms with Crippen LogP contribution in [0.2, 0.25) is 0 Å². The first kappa shape index (κ1) is 13.4. The van der Waals surface area contributed by atoms with Crippen molar-refractivity contribution in [2.45, 2.75) is 12.5 Å². The van der Waals surface area contributed by atoms with Crippen molar-refractivity contribution >= 4 is 13.6 Å². The standard InChI is InChI=1S/C11H16NO5P/c1-15-18(14,16-2)12-10(11(13)17-18)8-9-6-4-3-5-7-9/h3-7,10,12,14H,8H2,1-2H3/t10-/m0/s1. The van der Waals surface area contributed by atoms with E-state index in [0.717, 1.165) is 5.56 Å². The van der Waals surface area contributed by atoms with Crippen LogP contribution in [0.15, 0.2) is 30.3 Å². The zero-order chi connectivity index (χ0) is 13.3. The number of rotatable bonds is 4. The van der Waals surface area contributed by atoms with Crippen molar-refractivity contribution in [2.24, 2.45) is 0 Å². The molecule has 0 unspecified atom stereocenters. The van der Waals surface area contributed by atoms with Gasteiger partial charge in [-0.1, -0.05) is 0 Å². The molecule has 0 amide bonds. The Morgan fingerprint density at radius 2 is 1.94 bits per heavy atom. The molecule has 0 saturated carbocycles. The fourth-order valence-electron chi connectivity index (χ4n) is 1.80. The number of nitrogens with one attached hydrogen (secondary N) is 1. The summed E-state index contributed by atoms with van der Waals surface area (Å²) in [5, 5.41) is 2.65. The molecule has 2 N–H and O–H groups in total. The molecule has 0 spiro atoms. The van der Waals surface area contributed by atoms with Gasteiger partial charge in [0, 0.05) is 0 Å². The average Bonchev–Trinajstić information content (AvgIpc) is 2.65. The molecule has 1 heterocycles.